The third-order valence-corrected chi connectivity index (χ3v) is 10.1. The summed E-state index contributed by atoms with van der Waals surface area (Å²) in [5.41, 5.74) is 2.22. The van der Waals surface area contributed by atoms with Crippen molar-refractivity contribution in [1.82, 2.24) is 10.2 Å². The topological polar surface area (TPSA) is 96.0 Å². The van der Waals surface area contributed by atoms with Crippen molar-refractivity contribution in [1.29, 1.82) is 0 Å². The summed E-state index contributed by atoms with van der Waals surface area (Å²) in [5.74, 6) is 0.432. The lowest BCUT2D eigenvalue weighted by atomic mass is 9.95. The summed E-state index contributed by atoms with van der Waals surface area (Å²) in [5, 5.41) is 3.14. The molecule has 1 N–H and O–H groups in total. The maximum Gasteiger partial charge on any atom is 0.264 e. The first-order chi connectivity index (χ1) is 22.2. The van der Waals surface area contributed by atoms with Gasteiger partial charge in [0.05, 0.1) is 10.6 Å². The molecule has 9 heteroatoms. The second-order valence-electron chi connectivity index (χ2n) is 11.8. The fourth-order valence-electron chi connectivity index (χ4n) is 5.60. The SMILES string of the molecule is Cc1ccc(CN(C(=O)CN(c2ccc(Oc3ccccc3)cc2)S(=O)(=O)c2ccccc2)C(C)C(=O)NC2CCCCC2)cc1. The molecular weight excluding hydrogens is 598 g/mol. The minimum Gasteiger partial charge on any atom is -0.457 e. The molecule has 1 atom stereocenters. The van der Waals surface area contributed by atoms with Crippen LogP contribution in [-0.2, 0) is 26.2 Å². The second kappa shape index (κ2) is 15.1. The van der Waals surface area contributed by atoms with Crippen molar-refractivity contribution >= 4 is 27.5 Å². The molecule has 1 aliphatic rings. The molecule has 5 rings (SSSR count). The summed E-state index contributed by atoms with van der Waals surface area (Å²) in [6.07, 6.45) is 5.11. The first-order valence-electron chi connectivity index (χ1n) is 15.8. The average Bonchev–Trinajstić information content (AvgIpc) is 3.08. The molecule has 1 saturated carbocycles. The molecule has 0 aliphatic heterocycles. The van der Waals surface area contributed by atoms with Crippen LogP contribution < -0.4 is 14.4 Å². The summed E-state index contributed by atoms with van der Waals surface area (Å²) in [4.78, 5) is 29.3. The van der Waals surface area contributed by atoms with E-state index in [1.807, 2.05) is 61.5 Å². The Bertz CT molecular complexity index is 1690. The number of benzene rings is 4. The van der Waals surface area contributed by atoms with Crippen molar-refractivity contribution in [3.8, 4) is 11.5 Å². The molecule has 0 bridgehead atoms. The molecule has 1 unspecified atom stereocenters. The van der Waals surface area contributed by atoms with Crippen molar-refractivity contribution in [2.75, 3.05) is 10.8 Å². The standard InChI is InChI=1S/C37H41N3O5S/c1-28-18-20-30(21-19-28)26-39(29(2)37(42)38-31-12-6-3-7-13-31)36(41)27-40(46(43,44)35-16-10-5-11-17-35)32-22-24-34(25-23-32)45-33-14-8-4-9-15-33/h4-5,8-11,14-25,29,31H,3,6-7,12-13,26-27H2,1-2H3,(H,38,42). The molecule has 0 spiro atoms. The van der Waals surface area contributed by atoms with E-state index in [1.54, 1.807) is 49.4 Å². The Morgan fingerprint density at radius 3 is 2.02 bits per heavy atom. The van der Waals surface area contributed by atoms with Gasteiger partial charge in [0.2, 0.25) is 11.8 Å². The highest BCUT2D eigenvalue weighted by atomic mass is 32.2. The van der Waals surface area contributed by atoms with Gasteiger partial charge in [-0.2, -0.15) is 0 Å². The Morgan fingerprint density at radius 1 is 0.804 bits per heavy atom. The predicted octanol–water partition coefficient (Wildman–Crippen LogP) is 6.85. The number of nitrogens with zero attached hydrogens (tertiary/aromatic N) is 2. The Balaban J connectivity index is 1.45. The van der Waals surface area contributed by atoms with Crippen LogP contribution in [0, 0.1) is 6.92 Å². The van der Waals surface area contributed by atoms with Crippen molar-refractivity contribution in [3.05, 3.63) is 120 Å². The Hall–Kier alpha value is -4.63. The molecule has 46 heavy (non-hydrogen) atoms. The van der Waals surface area contributed by atoms with E-state index in [0.29, 0.717) is 17.2 Å². The minimum absolute atomic E-state index is 0.0561. The maximum atomic E-state index is 14.2. The van der Waals surface area contributed by atoms with Crippen LogP contribution in [0.1, 0.15) is 50.2 Å². The quantitative estimate of drug-likeness (QED) is 0.183. The van der Waals surface area contributed by atoms with Gasteiger partial charge in [-0.05, 0) is 80.8 Å². The van der Waals surface area contributed by atoms with Crippen molar-refractivity contribution < 1.29 is 22.7 Å². The summed E-state index contributed by atoms with van der Waals surface area (Å²) < 4.78 is 35.2. The molecule has 1 fully saturated rings. The molecule has 240 valence electrons. The molecule has 8 nitrogen and oxygen atoms in total. The average molecular weight is 640 g/mol. The maximum absolute atomic E-state index is 14.2. The van der Waals surface area contributed by atoms with Crippen LogP contribution in [0.15, 0.2) is 114 Å². The predicted molar refractivity (Wildman–Crippen MR) is 180 cm³/mol. The first-order valence-corrected chi connectivity index (χ1v) is 17.2. The third kappa shape index (κ3) is 8.34. The molecule has 0 aromatic heterocycles. The zero-order valence-electron chi connectivity index (χ0n) is 26.3. The van der Waals surface area contributed by atoms with Gasteiger partial charge in [0.15, 0.2) is 0 Å². The number of anilines is 1. The highest BCUT2D eigenvalue weighted by molar-refractivity contribution is 7.92. The Labute approximate surface area is 272 Å². The van der Waals surface area contributed by atoms with Crippen LogP contribution in [-0.4, -0.2) is 43.8 Å². The lowest BCUT2D eigenvalue weighted by Crippen LogP contribution is -2.53. The van der Waals surface area contributed by atoms with Crippen LogP contribution in [0.25, 0.3) is 0 Å². The van der Waals surface area contributed by atoms with Crippen LogP contribution in [0.5, 0.6) is 11.5 Å². The van der Waals surface area contributed by atoms with Crippen molar-refractivity contribution in [2.24, 2.45) is 0 Å². The summed E-state index contributed by atoms with van der Waals surface area (Å²) in [7, 11) is -4.16. The Morgan fingerprint density at radius 2 is 1.39 bits per heavy atom. The number of nitrogens with one attached hydrogen (secondary N) is 1. The van der Waals surface area contributed by atoms with Gasteiger partial charge in [0, 0.05) is 12.6 Å². The lowest BCUT2D eigenvalue weighted by molar-refractivity contribution is -0.139. The van der Waals surface area contributed by atoms with Gasteiger partial charge in [-0.3, -0.25) is 13.9 Å². The molecule has 4 aromatic carbocycles. The third-order valence-electron chi connectivity index (χ3n) is 8.31. The van der Waals surface area contributed by atoms with E-state index in [4.69, 9.17) is 4.74 Å². The number of ether oxygens (including phenoxy) is 1. The number of sulfonamides is 1. The summed E-state index contributed by atoms with van der Waals surface area (Å²) in [6, 6.07) is 30.9. The number of amides is 2. The minimum atomic E-state index is -4.16. The highest BCUT2D eigenvalue weighted by Crippen LogP contribution is 2.29. The van der Waals surface area contributed by atoms with Gasteiger partial charge in [-0.25, -0.2) is 8.42 Å². The van der Waals surface area contributed by atoms with Crippen LogP contribution in [0.4, 0.5) is 5.69 Å². The number of aryl methyl sites for hydroxylation is 1. The Kier molecular flexibility index (Phi) is 10.8. The zero-order chi connectivity index (χ0) is 32.5. The molecule has 4 aromatic rings. The second-order valence-corrected chi connectivity index (χ2v) is 13.6. The summed E-state index contributed by atoms with van der Waals surface area (Å²) >= 11 is 0. The fraction of sp³-hybridized carbons (Fsp3) is 0.297. The largest absolute Gasteiger partial charge is 0.457 e. The van der Waals surface area contributed by atoms with Gasteiger partial charge in [0.25, 0.3) is 10.0 Å². The lowest BCUT2D eigenvalue weighted by Gasteiger charge is -2.33. The van der Waals surface area contributed by atoms with Crippen molar-refractivity contribution in [3.63, 3.8) is 0 Å². The molecule has 2 amide bonds. The summed E-state index contributed by atoms with van der Waals surface area (Å²) in [6.45, 7) is 3.34. The van der Waals surface area contributed by atoms with Crippen LogP contribution in [0.2, 0.25) is 0 Å². The number of hydrogen-bond donors (Lipinski definition) is 1. The molecular formula is C37H41N3O5S. The smallest absolute Gasteiger partial charge is 0.264 e. The van der Waals surface area contributed by atoms with E-state index < -0.39 is 28.5 Å². The van der Waals surface area contributed by atoms with E-state index in [0.717, 1.165) is 47.5 Å². The van der Waals surface area contributed by atoms with Crippen LogP contribution in [0.3, 0.4) is 0 Å². The van der Waals surface area contributed by atoms with Gasteiger partial charge < -0.3 is 15.0 Å². The van der Waals surface area contributed by atoms with E-state index >= 15 is 0 Å². The van der Waals surface area contributed by atoms with E-state index in [-0.39, 0.29) is 23.4 Å². The molecule has 0 radical (unpaired) electrons. The number of carbonyl (C=O) groups excluding carboxylic acids is 2. The number of hydrogen-bond acceptors (Lipinski definition) is 5. The fourth-order valence-corrected chi connectivity index (χ4v) is 7.03. The first kappa shape index (κ1) is 32.8. The normalized spacial score (nSPS) is 14.2. The van der Waals surface area contributed by atoms with Crippen molar-refractivity contribution in [2.45, 2.75) is 69.5 Å². The highest BCUT2D eigenvalue weighted by Gasteiger charge is 2.33. The van der Waals surface area contributed by atoms with E-state index in [2.05, 4.69) is 5.32 Å². The van der Waals surface area contributed by atoms with Gasteiger partial charge >= 0.3 is 0 Å². The number of para-hydroxylation sites is 1. The van der Waals surface area contributed by atoms with Gasteiger partial charge in [-0.15, -0.1) is 0 Å². The zero-order valence-corrected chi connectivity index (χ0v) is 27.2. The van der Waals surface area contributed by atoms with Gasteiger partial charge in [0.1, 0.15) is 24.1 Å². The molecule has 0 saturated heterocycles. The van der Waals surface area contributed by atoms with E-state index in [1.165, 1.54) is 17.0 Å². The number of carbonyl (C=O) groups is 2. The van der Waals surface area contributed by atoms with E-state index in [9.17, 15) is 18.0 Å². The monoisotopic (exact) mass is 639 g/mol. The van der Waals surface area contributed by atoms with Gasteiger partial charge in [-0.1, -0.05) is 85.5 Å². The van der Waals surface area contributed by atoms with Crippen LogP contribution >= 0.6 is 0 Å². The number of rotatable bonds is 12. The molecule has 1 aliphatic carbocycles. The molecule has 0 heterocycles.